The van der Waals surface area contributed by atoms with Crippen LogP contribution in [0.25, 0.3) is 0 Å². The minimum Gasteiger partial charge on any atom is -0.294 e. The van der Waals surface area contributed by atoms with Crippen LogP contribution in [0, 0.1) is 0 Å². The fraction of sp³-hybridized carbons (Fsp3) is 0.125. The van der Waals surface area contributed by atoms with Crippen LogP contribution in [0.2, 0.25) is 0 Å². The Morgan fingerprint density at radius 1 is 0.944 bits per heavy atom. The van der Waals surface area contributed by atoms with Crippen molar-refractivity contribution in [1.82, 2.24) is 0 Å². The summed E-state index contributed by atoms with van der Waals surface area (Å²) in [6.45, 7) is 0. The van der Waals surface area contributed by atoms with Crippen LogP contribution >= 0.6 is 0 Å². The van der Waals surface area contributed by atoms with Gasteiger partial charge in [-0.1, -0.05) is 54.6 Å². The average Bonchev–Trinajstić information content (AvgIpc) is 2.46. The van der Waals surface area contributed by atoms with Crippen molar-refractivity contribution < 1.29 is 9.59 Å². The maximum absolute atomic E-state index is 11.9. The maximum atomic E-state index is 11.9. The molecule has 0 spiro atoms. The minimum atomic E-state index is 0.0938. The standard InChI is InChI=1S/C16H13O2/c17-12-14-6-9-15(10-7-14)16(18)11-8-13-4-2-1-3-5-13/h1-7,9-10H,8,11H2. The lowest BCUT2D eigenvalue weighted by atomic mass is 10.0. The number of ketones is 1. The molecule has 0 saturated heterocycles. The normalized spacial score (nSPS) is 10.0. The number of benzene rings is 2. The van der Waals surface area contributed by atoms with Gasteiger partial charge in [0, 0.05) is 17.5 Å². The van der Waals surface area contributed by atoms with E-state index in [0.717, 1.165) is 12.0 Å². The van der Waals surface area contributed by atoms with Crippen LogP contribution in [0.4, 0.5) is 0 Å². The Bertz CT molecular complexity index is 527. The second-order valence-electron chi connectivity index (χ2n) is 4.09. The number of carbonyl (C=O) groups is 1. The number of hydrogen-bond donors (Lipinski definition) is 0. The first kappa shape index (κ1) is 12.2. The van der Waals surface area contributed by atoms with Crippen molar-refractivity contribution >= 4 is 12.1 Å². The van der Waals surface area contributed by atoms with Crippen molar-refractivity contribution in [3.05, 3.63) is 71.3 Å². The zero-order valence-corrected chi connectivity index (χ0v) is 9.93. The lowest BCUT2D eigenvalue weighted by Crippen LogP contribution is -2.01. The van der Waals surface area contributed by atoms with Gasteiger partial charge < -0.3 is 0 Å². The summed E-state index contributed by atoms with van der Waals surface area (Å²) in [5, 5.41) is 0. The molecule has 0 aliphatic rings. The van der Waals surface area contributed by atoms with E-state index < -0.39 is 0 Å². The third-order valence-corrected chi connectivity index (χ3v) is 2.81. The minimum absolute atomic E-state index is 0.0938. The van der Waals surface area contributed by atoms with E-state index in [2.05, 4.69) is 0 Å². The molecule has 0 bridgehead atoms. The zero-order chi connectivity index (χ0) is 12.8. The molecule has 2 rings (SSSR count). The summed E-state index contributed by atoms with van der Waals surface area (Å²) in [6, 6.07) is 16.5. The van der Waals surface area contributed by atoms with E-state index in [9.17, 15) is 9.59 Å². The molecular formula is C16H13O2. The average molecular weight is 237 g/mol. The SMILES string of the molecule is O=[C]c1ccc(C(=O)CCc2ccccc2)cc1. The first-order valence-electron chi connectivity index (χ1n) is 5.85. The molecule has 0 fully saturated rings. The molecule has 0 N–H and O–H groups in total. The lowest BCUT2D eigenvalue weighted by molar-refractivity contribution is 0.0983. The smallest absolute Gasteiger partial charge is 0.233 e. The third kappa shape index (κ3) is 3.14. The first-order chi connectivity index (χ1) is 8.79. The van der Waals surface area contributed by atoms with Crippen LogP contribution in [-0.4, -0.2) is 12.1 Å². The molecule has 0 aliphatic heterocycles. The van der Waals surface area contributed by atoms with Gasteiger partial charge >= 0.3 is 0 Å². The molecule has 0 aromatic heterocycles. The van der Waals surface area contributed by atoms with Gasteiger partial charge in [-0.2, -0.15) is 0 Å². The van der Waals surface area contributed by atoms with Crippen molar-refractivity contribution in [1.29, 1.82) is 0 Å². The molecule has 2 aromatic carbocycles. The highest BCUT2D eigenvalue weighted by Crippen LogP contribution is 2.09. The van der Waals surface area contributed by atoms with E-state index >= 15 is 0 Å². The predicted octanol–water partition coefficient (Wildman–Crippen LogP) is 2.96. The summed E-state index contributed by atoms with van der Waals surface area (Å²) in [6.07, 6.45) is 3.01. The maximum Gasteiger partial charge on any atom is 0.233 e. The molecule has 2 aromatic rings. The van der Waals surface area contributed by atoms with Crippen LogP contribution < -0.4 is 0 Å². The summed E-state index contributed by atoms with van der Waals surface area (Å²) in [5.74, 6) is 0.0938. The molecule has 2 heteroatoms. The second-order valence-corrected chi connectivity index (χ2v) is 4.09. The summed E-state index contributed by atoms with van der Waals surface area (Å²) < 4.78 is 0. The van der Waals surface area contributed by atoms with Crippen LogP contribution in [-0.2, 0) is 11.2 Å². The Morgan fingerprint density at radius 2 is 1.61 bits per heavy atom. The van der Waals surface area contributed by atoms with Gasteiger partial charge in [0.1, 0.15) is 0 Å². The monoisotopic (exact) mass is 237 g/mol. The van der Waals surface area contributed by atoms with E-state index in [4.69, 9.17) is 0 Å². The van der Waals surface area contributed by atoms with Crippen LogP contribution in [0.5, 0.6) is 0 Å². The molecule has 2 nitrogen and oxygen atoms in total. The van der Waals surface area contributed by atoms with Crippen molar-refractivity contribution in [2.75, 3.05) is 0 Å². The second kappa shape index (κ2) is 5.92. The van der Waals surface area contributed by atoms with Gasteiger partial charge in [0.05, 0.1) is 0 Å². The molecule has 89 valence electrons. The summed E-state index contributed by atoms with van der Waals surface area (Å²) in [7, 11) is 0. The summed E-state index contributed by atoms with van der Waals surface area (Å²) >= 11 is 0. The van der Waals surface area contributed by atoms with Crippen LogP contribution in [0.3, 0.4) is 0 Å². The topological polar surface area (TPSA) is 34.1 Å². The highest BCUT2D eigenvalue weighted by molar-refractivity contribution is 5.96. The van der Waals surface area contributed by atoms with Crippen molar-refractivity contribution in [2.45, 2.75) is 12.8 Å². The van der Waals surface area contributed by atoms with Crippen molar-refractivity contribution in [3.63, 3.8) is 0 Å². The van der Waals surface area contributed by atoms with E-state index in [0.29, 0.717) is 17.5 Å². The van der Waals surface area contributed by atoms with Gasteiger partial charge in [0.15, 0.2) is 5.78 Å². The molecule has 18 heavy (non-hydrogen) atoms. The molecular weight excluding hydrogens is 224 g/mol. The Morgan fingerprint density at radius 3 is 2.22 bits per heavy atom. The predicted molar refractivity (Wildman–Crippen MR) is 70.3 cm³/mol. The molecule has 0 saturated carbocycles. The molecule has 0 heterocycles. The Labute approximate surface area is 106 Å². The first-order valence-corrected chi connectivity index (χ1v) is 5.85. The third-order valence-electron chi connectivity index (χ3n) is 2.81. The van der Waals surface area contributed by atoms with Crippen molar-refractivity contribution in [3.8, 4) is 0 Å². The summed E-state index contributed by atoms with van der Waals surface area (Å²) in [5.41, 5.74) is 2.27. The number of rotatable bonds is 5. The van der Waals surface area contributed by atoms with Gasteiger partial charge in [-0.25, -0.2) is 0 Å². The van der Waals surface area contributed by atoms with Crippen molar-refractivity contribution in [2.24, 2.45) is 0 Å². The van der Waals surface area contributed by atoms with E-state index in [-0.39, 0.29) is 5.78 Å². The summed E-state index contributed by atoms with van der Waals surface area (Å²) in [4.78, 5) is 22.3. The Hall–Kier alpha value is -2.22. The highest BCUT2D eigenvalue weighted by Gasteiger charge is 2.06. The number of hydrogen-bond acceptors (Lipinski definition) is 2. The number of carbonyl (C=O) groups excluding carboxylic acids is 2. The van der Waals surface area contributed by atoms with Crippen LogP contribution in [0.15, 0.2) is 54.6 Å². The molecule has 0 aliphatic carbocycles. The van der Waals surface area contributed by atoms with E-state index in [1.54, 1.807) is 30.6 Å². The van der Waals surface area contributed by atoms with Gasteiger partial charge in [0.25, 0.3) is 0 Å². The molecule has 1 radical (unpaired) electrons. The van der Waals surface area contributed by atoms with Gasteiger partial charge in [-0.3, -0.25) is 9.59 Å². The fourth-order valence-corrected chi connectivity index (χ4v) is 1.77. The number of aryl methyl sites for hydroxylation is 1. The van der Waals surface area contributed by atoms with E-state index in [1.807, 2.05) is 30.3 Å². The highest BCUT2D eigenvalue weighted by atomic mass is 16.1. The fourth-order valence-electron chi connectivity index (χ4n) is 1.77. The lowest BCUT2D eigenvalue weighted by Gasteiger charge is -2.02. The van der Waals surface area contributed by atoms with Gasteiger partial charge in [0.2, 0.25) is 6.29 Å². The van der Waals surface area contributed by atoms with Gasteiger partial charge in [-0.15, -0.1) is 0 Å². The zero-order valence-electron chi connectivity index (χ0n) is 9.93. The van der Waals surface area contributed by atoms with Gasteiger partial charge in [-0.05, 0) is 12.0 Å². The Kier molecular flexibility index (Phi) is 4.02. The quantitative estimate of drug-likeness (QED) is 0.749. The number of Topliss-reactive ketones (excluding diaryl/α,β-unsaturated/α-hetero) is 1. The molecule has 0 amide bonds. The molecule has 0 atom stereocenters. The Balaban J connectivity index is 1.97. The van der Waals surface area contributed by atoms with Crippen LogP contribution in [0.1, 0.15) is 27.9 Å². The van der Waals surface area contributed by atoms with E-state index in [1.165, 1.54) is 0 Å². The largest absolute Gasteiger partial charge is 0.294 e. The molecule has 0 unspecified atom stereocenters.